The van der Waals surface area contributed by atoms with Crippen LogP contribution >= 0.6 is 15.9 Å². The van der Waals surface area contributed by atoms with E-state index >= 15 is 0 Å². The van der Waals surface area contributed by atoms with Gasteiger partial charge in [-0.3, -0.25) is 0 Å². The summed E-state index contributed by atoms with van der Waals surface area (Å²) in [7, 11) is 0. The molecule has 2 aromatic rings. The number of benzene rings is 1. The number of hydrogen-bond donors (Lipinski definition) is 2. The zero-order chi connectivity index (χ0) is 15.2. The molecule has 112 valence electrons. The van der Waals surface area contributed by atoms with Gasteiger partial charge in [0.15, 0.2) is 0 Å². The Kier molecular flexibility index (Phi) is 5.32. The van der Waals surface area contributed by atoms with Gasteiger partial charge >= 0.3 is 6.01 Å². The fourth-order valence-electron chi connectivity index (χ4n) is 1.71. The van der Waals surface area contributed by atoms with E-state index in [1.165, 1.54) is 0 Å². The number of aryl methyl sites for hydroxylation is 1. The van der Waals surface area contributed by atoms with Crippen molar-refractivity contribution in [1.29, 1.82) is 0 Å². The molecule has 6 nitrogen and oxygen atoms in total. The topological polar surface area (TPSA) is 72.0 Å². The van der Waals surface area contributed by atoms with Crippen LogP contribution in [-0.2, 0) is 0 Å². The van der Waals surface area contributed by atoms with Crippen LogP contribution in [0.2, 0.25) is 0 Å². The molecule has 0 amide bonds. The maximum atomic E-state index is 5.37. The van der Waals surface area contributed by atoms with Gasteiger partial charge in [-0.05, 0) is 48.3 Å². The van der Waals surface area contributed by atoms with Gasteiger partial charge in [-0.2, -0.15) is 15.0 Å². The Morgan fingerprint density at radius 2 is 1.90 bits per heavy atom. The molecule has 0 spiro atoms. The third kappa shape index (κ3) is 4.04. The third-order valence-corrected chi connectivity index (χ3v) is 3.71. The van der Waals surface area contributed by atoms with Gasteiger partial charge in [0.1, 0.15) is 0 Å². The second-order valence-corrected chi connectivity index (χ2v) is 5.08. The van der Waals surface area contributed by atoms with Gasteiger partial charge in [0, 0.05) is 11.0 Å². The van der Waals surface area contributed by atoms with Crippen LogP contribution in [0.4, 0.5) is 17.6 Å². The van der Waals surface area contributed by atoms with Crippen LogP contribution in [0.5, 0.6) is 6.01 Å². The van der Waals surface area contributed by atoms with Gasteiger partial charge < -0.3 is 15.4 Å². The Balaban J connectivity index is 2.31. The first-order chi connectivity index (χ1) is 10.1. The van der Waals surface area contributed by atoms with E-state index in [-0.39, 0.29) is 0 Å². The van der Waals surface area contributed by atoms with E-state index in [0.717, 1.165) is 22.3 Å². The summed E-state index contributed by atoms with van der Waals surface area (Å²) in [5.41, 5.74) is 2.03. The summed E-state index contributed by atoms with van der Waals surface area (Å²) >= 11 is 3.56. The molecule has 0 bridgehead atoms. The maximum absolute atomic E-state index is 5.37. The van der Waals surface area contributed by atoms with E-state index in [9.17, 15) is 0 Å². The van der Waals surface area contributed by atoms with Gasteiger partial charge in [0.2, 0.25) is 11.9 Å². The van der Waals surface area contributed by atoms with Gasteiger partial charge in [0.05, 0.1) is 12.3 Å². The summed E-state index contributed by atoms with van der Waals surface area (Å²) in [5, 5.41) is 6.25. The molecule has 0 saturated carbocycles. The first kappa shape index (κ1) is 15.5. The summed E-state index contributed by atoms with van der Waals surface area (Å²) in [4.78, 5) is 12.8. The zero-order valence-corrected chi connectivity index (χ0v) is 13.9. The number of nitrogens with one attached hydrogen (secondary N) is 2. The van der Waals surface area contributed by atoms with Crippen LogP contribution in [0.25, 0.3) is 0 Å². The summed E-state index contributed by atoms with van der Waals surface area (Å²) in [6.07, 6.45) is 0. The van der Waals surface area contributed by atoms with Crippen LogP contribution in [0.15, 0.2) is 22.7 Å². The van der Waals surface area contributed by atoms with E-state index in [4.69, 9.17) is 4.74 Å². The highest BCUT2D eigenvalue weighted by Crippen LogP contribution is 2.28. The largest absolute Gasteiger partial charge is 0.464 e. The lowest BCUT2D eigenvalue weighted by Crippen LogP contribution is -2.09. The number of anilines is 3. The molecule has 0 aliphatic carbocycles. The molecule has 0 radical (unpaired) electrons. The summed E-state index contributed by atoms with van der Waals surface area (Å²) < 4.78 is 6.35. The van der Waals surface area contributed by atoms with E-state index in [1.807, 2.05) is 39.0 Å². The van der Waals surface area contributed by atoms with Crippen LogP contribution in [0.1, 0.15) is 19.4 Å². The average molecular weight is 352 g/mol. The van der Waals surface area contributed by atoms with Gasteiger partial charge in [-0.25, -0.2) is 0 Å². The molecule has 0 aliphatic heterocycles. The van der Waals surface area contributed by atoms with E-state index in [2.05, 4.69) is 41.5 Å². The second-order valence-electron chi connectivity index (χ2n) is 4.29. The molecule has 2 N–H and O–H groups in total. The average Bonchev–Trinajstić information content (AvgIpc) is 2.44. The van der Waals surface area contributed by atoms with Crippen molar-refractivity contribution in [2.45, 2.75) is 20.8 Å². The fraction of sp³-hybridized carbons (Fsp3) is 0.357. The first-order valence-electron chi connectivity index (χ1n) is 6.79. The molecule has 0 saturated heterocycles. The predicted molar refractivity (Wildman–Crippen MR) is 87.3 cm³/mol. The standard InChI is InChI=1S/C14H18BrN5O/c1-4-16-12-18-13(20-14(19-12)21-5-2)17-10-8-6-7-9(3)11(10)15/h6-8H,4-5H2,1-3H3,(H2,16,17,18,19,20). The van der Waals surface area contributed by atoms with Gasteiger partial charge in [-0.15, -0.1) is 0 Å². The monoisotopic (exact) mass is 351 g/mol. The van der Waals surface area contributed by atoms with E-state index < -0.39 is 0 Å². The minimum absolute atomic E-state index is 0.301. The van der Waals surface area contributed by atoms with E-state index in [1.54, 1.807) is 0 Å². The predicted octanol–water partition coefficient (Wildman–Crippen LogP) is 3.52. The van der Waals surface area contributed by atoms with E-state index in [0.29, 0.717) is 24.5 Å². The number of aromatic nitrogens is 3. The van der Waals surface area contributed by atoms with Crippen LogP contribution in [-0.4, -0.2) is 28.1 Å². The van der Waals surface area contributed by atoms with Crippen LogP contribution in [0, 0.1) is 6.92 Å². The van der Waals surface area contributed by atoms with Crippen molar-refractivity contribution in [3.05, 3.63) is 28.2 Å². The van der Waals surface area contributed by atoms with Crippen molar-refractivity contribution >= 4 is 33.5 Å². The van der Waals surface area contributed by atoms with Crippen molar-refractivity contribution in [2.24, 2.45) is 0 Å². The molecule has 0 fully saturated rings. The van der Waals surface area contributed by atoms with Gasteiger partial charge in [0.25, 0.3) is 0 Å². The fourth-order valence-corrected chi connectivity index (χ4v) is 2.07. The van der Waals surface area contributed by atoms with Crippen molar-refractivity contribution in [3.63, 3.8) is 0 Å². The van der Waals surface area contributed by atoms with Crippen molar-refractivity contribution in [3.8, 4) is 6.01 Å². The molecule has 1 aromatic carbocycles. The lowest BCUT2D eigenvalue weighted by Gasteiger charge is -2.11. The molecule has 1 aromatic heterocycles. The lowest BCUT2D eigenvalue weighted by atomic mass is 10.2. The summed E-state index contributed by atoms with van der Waals surface area (Å²) in [6.45, 7) is 7.13. The molecule has 0 unspecified atom stereocenters. The normalized spacial score (nSPS) is 10.3. The number of rotatable bonds is 6. The Labute approximate surface area is 132 Å². The molecule has 0 atom stereocenters. The van der Waals surface area contributed by atoms with Crippen molar-refractivity contribution in [2.75, 3.05) is 23.8 Å². The number of nitrogens with zero attached hydrogens (tertiary/aromatic N) is 3. The molecule has 2 rings (SSSR count). The Morgan fingerprint density at radius 1 is 1.14 bits per heavy atom. The Morgan fingerprint density at radius 3 is 2.62 bits per heavy atom. The molecular formula is C14H18BrN5O. The number of halogens is 1. The van der Waals surface area contributed by atoms with Crippen molar-refractivity contribution in [1.82, 2.24) is 15.0 Å². The smallest absolute Gasteiger partial charge is 0.323 e. The Hall–Kier alpha value is -1.89. The second kappa shape index (κ2) is 7.21. The third-order valence-electron chi connectivity index (χ3n) is 2.66. The molecule has 7 heteroatoms. The van der Waals surface area contributed by atoms with Crippen LogP contribution < -0.4 is 15.4 Å². The first-order valence-corrected chi connectivity index (χ1v) is 7.58. The molecule has 21 heavy (non-hydrogen) atoms. The quantitative estimate of drug-likeness (QED) is 0.829. The minimum atomic E-state index is 0.301. The number of ether oxygens (including phenoxy) is 1. The summed E-state index contributed by atoms with van der Waals surface area (Å²) in [5.74, 6) is 0.929. The van der Waals surface area contributed by atoms with Crippen molar-refractivity contribution < 1.29 is 4.74 Å². The van der Waals surface area contributed by atoms with Gasteiger partial charge in [-0.1, -0.05) is 12.1 Å². The highest BCUT2D eigenvalue weighted by Gasteiger charge is 2.09. The highest BCUT2D eigenvalue weighted by molar-refractivity contribution is 9.10. The molecular weight excluding hydrogens is 334 g/mol. The molecule has 0 aliphatic rings. The molecule has 1 heterocycles. The zero-order valence-electron chi connectivity index (χ0n) is 12.3. The number of hydrogen-bond acceptors (Lipinski definition) is 6. The lowest BCUT2D eigenvalue weighted by molar-refractivity contribution is 0.312. The maximum Gasteiger partial charge on any atom is 0.323 e. The Bertz CT molecular complexity index is 596. The van der Waals surface area contributed by atoms with Crippen LogP contribution in [0.3, 0.4) is 0 Å². The minimum Gasteiger partial charge on any atom is -0.464 e. The highest BCUT2D eigenvalue weighted by atomic mass is 79.9. The summed E-state index contributed by atoms with van der Waals surface area (Å²) in [6, 6.07) is 6.25. The SMILES string of the molecule is CCNc1nc(Nc2cccc(C)c2Br)nc(OCC)n1.